The first-order chi connectivity index (χ1) is 13.3. The third-order valence-corrected chi connectivity index (χ3v) is 4.86. The molecule has 27 heavy (non-hydrogen) atoms. The molecule has 0 aliphatic carbocycles. The summed E-state index contributed by atoms with van der Waals surface area (Å²) in [4.78, 5) is 13.1. The van der Waals surface area contributed by atoms with Gasteiger partial charge in [0, 0.05) is 19.2 Å². The summed E-state index contributed by atoms with van der Waals surface area (Å²) in [5.41, 5.74) is 1.96. The van der Waals surface area contributed by atoms with Gasteiger partial charge in [-0.2, -0.15) is 0 Å². The van der Waals surface area contributed by atoms with E-state index in [9.17, 15) is 4.79 Å². The van der Waals surface area contributed by atoms with E-state index in [0.29, 0.717) is 6.54 Å². The first kappa shape index (κ1) is 18.3. The normalized spacial score (nSPS) is 30.7. The average molecular weight is 369 g/mol. The lowest BCUT2D eigenvalue weighted by Gasteiger charge is -2.43. The van der Waals surface area contributed by atoms with Crippen LogP contribution in [0.5, 0.6) is 0 Å². The fraction of sp³-hybridized carbons (Fsp3) is 0.381. The van der Waals surface area contributed by atoms with Crippen molar-refractivity contribution in [1.29, 1.82) is 0 Å². The van der Waals surface area contributed by atoms with E-state index in [1.54, 1.807) is 0 Å². The molecule has 2 fully saturated rings. The molecule has 0 radical (unpaired) electrons. The zero-order valence-corrected chi connectivity index (χ0v) is 15.1. The molecule has 2 aliphatic rings. The summed E-state index contributed by atoms with van der Waals surface area (Å²) in [5, 5.41) is 3.26. The van der Waals surface area contributed by atoms with E-state index in [0.717, 1.165) is 11.1 Å². The Morgan fingerprint density at radius 1 is 1.04 bits per heavy atom. The largest absolute Gasteiger partial charge is 0.354 e. The van der Waals surface area contributed by atoms with Crippen LogP contribution in [0, 0.1) is 0 Å². The molecule has 0 aromatic heterocycles. The summed E-state index contributed by atoms with van der Waals surface area (Å²) in [7, 11) is 1.53. The number of hydrogen-bond donors (Lipinski definition) is 1. The molecule has 2 saturated heterocycles. The summed E-state index contributed by atoms with van der Waals surface area (Å²) in [6.45, 7) is 0.817. The number of hydrogen-bond acceptors (Lipinski definition) is 6. The molecule has 0 spiro atoms. The molecule has 4 rings (SSSR count). The van der Waals surface area contributed by atoms with Crippen LogP contribution >= 0.6 is 0 Å². The van der Waals surface area contributed by atoms with Crippen molar-refractivity contribution in [3.63, 3.8) is 0 Å². The van der Waals surface area contributed by atoms with Crippen LogP contribution in [0.15, 0.2) is 60.7 Å². The van der Waals surface area contributed by atoms with E-state index in [4.69, 9.17) is 18.9 Å². The van der Waals surface area contributed by atoms with Gasteiger partial charge in [-0.25, -0.2) is 0 Å². The van der Waals surface area contributed by atoms with Crippen LogP contribution in [-0.4, -0.2) is 44.0 Å². The first-order valence-corrected chi connectivity index (χ1v) is 9.07. The SMILES string of the molecule is CO[C@H]1O[C@@H]2CO[C@@H](c3ccccc3)O[C@H]2C(=O)[C@H]1NCc1ccccc1. The van der Waals surface area contributed by atoms with Crippen molar-refractivity contribution in [2.75, 3.05) is 13.7 Å². The zero-order valence-electron chi connectivity index (χ0n) is 15.1. The molecular weight excluding hydrogens is 346 g/mol. The van der Waals surface area contributed by atoms with E-state index in [1.807, 2.05) is 60.7 Å². The van der Waals surface area contributed by atoms with Gasteiger partial charge in [0.25, 0.3) is 0 Å². The maximum atomic E-state index is 13.1. The van der Waals surface area contributed by atoms with Gasteiger partial charge in [0.1, 0.15) is 18.2 Å². The number of ether oxygens (including phenoxy) is 4. The molecule has 6 heteroatoms. The molecule has 142 valence electrons. The Morgan fingerprint density at radius 3 is 2.44 bits per heavy atom. The second-order valence-electron chi connectivity index (χ2n) is 6.66. The predicted octanol–water partition coefficient (Wildman–Crippen LogP) is 2.20. The zero-order chi connectivity index (χ0) is 18.6. The van der Waals surface area contributed by atoms with Crippen LogP contribution in [0.3, 0.4) is 0 Å². The van der Waals surface area contributed by atoms with Gasteiger partial charge in [-0.3, -0.25) is 10.1 Å². The number of carbonyl (C=O) groups excluding carboxylic acids is 1. The van der Waals surface area contributed by atoms with Gasteiger partial charge >= 0.3 is 0 Å². The topological polar surface area (TPSA) is 66.0 Å². The lowest BCUT2D eigenvalue weighted by molar-refractivity contribution is -0.303. The number of ketones is 1. The third kappa shape index (κ3) is 3.95. The number of carbonyl (C=O) groups is 1. The molecule has 6 nitrogen and oxygen atoms in total. The molecule has 1 N–H and O–H groups in total. The van der Waals surface area contributed by atoms with Gasteiger partial charge in [-0.05, 0) is 5.56 Å². The second-order valence-corrected chi connectivity index (χ2v) is 6.66. The van der Waals surface area contributed by atoms with Crippen molar-refractivity contribution in [3.8, 4) is 0 Å². The van der Waals surface area contributed by atoms with Crippen molar-refractivity contribution < 1.29 is 23.7 Å². The third-order valence-electron chi connectivity index (χ3n) is 4.86. The highest BCUT2D eigenvalue weighted by atomic mass is 16.7. The summed E-state index contributed by atoms with van der Waals surface area (Å²) in [6, 6.07) is 18.9. The van der Waals surface area contributed by atoms with E-state index in [-0.39, 0.29) is 12.4 Å². The molecular formula is C21H23NO5. The van der Waals surface area contributed by atoms with Crippen LogP contribution in [0.25, 0.3) is 0 Å². The summed E-state index contributed by atoms with van der Waals surface area (Å²) in [5.74, 6) is -0.0711. The van der Waals surface area contributed by atoms with E-state index in [2.05, 4.69) is 5.32 Å². The molecule has 2 aromatic carbocycles. The van der Waals surface area contributed by atoms with Crippen molar-refractivity contribution in [2.24, 2.45) is 0 Å². The number of methoxy groups -OCH3 is 1. The minimum atomic E-state index is -0.691. The monoisotopic (exact) mass is 369 g/mol. The van der Waals surface area contributed by atoms with Crippen LogP contribution in [0.4, 0.5) is 0 Å². The summed E-state index contributed by atoms with van der Waals surface area (Å²) >= 11 is 0. The van der Waals surface area contributed by atoms with Crippen LogP contribution in [0.1, 0.15) is 17.4 Å². The van der Waals surface area contributed by atoms with Crippen molar-refractivity contribution in [2.45, 2.75) is 37.4 Å². The minimum absolute atomic E-state index is 0.0711. The van der Waals surface area contributed by atoms with E-state index < -0.39 is 30.8 Å². The van der Waals surface area contributed by atoms with E-state index in [1.165, 1.54) is 7.11 Å². The lowest BCUT2D eigenvalue weighted by atomic mass is 9.97. The standard InChI is InChI=1S/C21H23NO5/c1-24-21-17(22-12-14-8-4-2-5-9-14)18(23)19-16(26-21)13-25-20(27-19)15-10-6-3-7-11-15/h2-11,16-17,19-22H,12-13H2,1H3/t16-,17-,19-,20-,21+/m1/s1. The minimum Gasteiger partial charge on any atom is -0.354 e. The molecule has 5 atom stereocenters. The molecule has 2 aliphatic heterocycles. The Kier molecular flexibility index (Phi) is 5.61. The van der Waals surface area contributed by atoms with Crippen LogP contribution in [0.2, 0.25) is 0 Å². The number of Topliss-reactive ketones (excluding diaryl/α,β-unsaturated/α-hetero) is 1. The number of fused-ring (bicyclic) bond motifs is 1. The quantitative estimate of drug-likeness (QED) is 0.872. The predicted molar refractivity (Wildman–Crippen MR) is 97.8 cm³/mol. The highest BCUT2D eigenvalue weighted by Gasteiger charge is 2.49. The van der Waals surface area contributed by atoms with Gasteiger partial charge < -0.3 is 18.9 Å². The van der Waals surface area contributed by atoms with Gasteiger partial charge in [-0.15, -0.1) is 0 Å². The molecule has 0 amide bonds. The molecule has 0 saturated carbocycles. The van der Waals surface area contributed by atoms with Crippen molar-refractivity contribution in [1.82, 2.24) is 5.32 Å². The smallest absolute Gasteiger partial charge is 0.186 e. The highest BCUT2D eigenvalue weighted by molar-refractivity contribution is 5.90. The maximum Gasteiger partial charge on any atom is 0.186 e. The number of benzene rings is 2. The van der Waals surface area contributed by atoms with Gasteiger partial charge in [0.15, 0.2) is 18.4 Å². The Hall–Kier alpha value is -2.09. The van der Waals surface area contributed by atoms with Crippen LogP contribution in [-0.2, 0) is 30.3 Å². The van der Waals surface area contributed by atoms with Crippen molar-refractivity contribution in [3.05, 3.63) is 71.8 Å². The second kappa shape index (κ2) is 8.29. The summed E-state index contributed by atoms with van der Waals surface area (Å²) < 4.78 is 23.1. The molecule has 2 heterocycles. The fourth-order valence-corrected chi connectivity index (χ4v) is 3.45. The highest BCUT2D eigenvalue weighted by Crippen LogP contribution is 2.32. The van der Waals surface area contributed by atoms with Gasteiger partial charge in [0.2, 0.25) is 0 Å². The first-order valence-electron chi connectivity index (χ1n) is 9.07. The van der Waals surface area contributed by atoms with Gasteiger partial charge in [0.05, 0.1) is 6.61 Å². The Balaban J connectivity index is 1.47. The van der Waals surface area contributed by atoms with E-state index >= 15 is 0 Å². The molecule has 0 unspecified atom stereocenters. The van der Waals surface area contributed by atoms with Gasteiger partial charge in [-0.1, -0.05) is 60.7 Å². The fourth-order valence-electron chi connectivity index (χ4n) is 3.45. The van der Waals surface area contributed by atoms with Crippen molar-refractivity contribution >= 4 is 5.78 Å². The molecule has 0 bridgehead atoms. The Morgan fingerprint density at radius 2 is 1.74 bits per heavy atom. The number of nitrogens with one attached hydrogen (secondary N) is 1. The Bertz CT molecular complexity index is 746. The lowest BCUT2D eigenvalue weighted by Crippen LogP contribution is -2.63. The number of rotatable bonds is 5. The van der Waals surface area contributed by atoms with Crippen LogP contribution < -0.4 is 5.32 Å². The average Bonchev–Trinajstić information content (AvgIpc) is 2.74. The summed E-state index contributed by atoms with van der Waals surface area (Å²) in [6.07, 6.45) is -2.42. The Labute approximate surface area is 158 Å². The molecule has 2 aromatic rings. The maximum absolute atomic E-state index is 13.1.